The molecule has 2 aromatic carbocycles. The molecule has 204 valence electrons. The number of nitrogens with zero attached hydrogens (tertiary/aromatic N) is 2. The number of hydrogen-bond donors (Lipinski definition) is 0. The molecule has 0 radical (unpaired) electrons. The van der Waals surface area contributed by atoms with E-state index in [1.807, 2.05) is 23.6 Å². The first-order valence-corrected chi connectivity index (χ1v) is 13.4. The predicted molar refractivity (Wildman–Crippen MR) is 149 cm³/mol. The molecule has 1 heterocycles. The van der Waals surface area contributed by atoms with Crippen LogP contribution in [0.15, 0.2) is 36.4 Å². The van der Waals surface area contributed by atoms with E-state index < -0.39 is 12.1 Å². The molecular weight excluding hydrogens is 484 g/mol. The number of fused-ring (bicyclic) bond motifs is 1. The molecule has 0 aliphatic rings. The van der Waals surface area contributed by atoms with Gasteiger partial charge in [-0.25, -0.2) is 4.79 Å². The Hall–Kier alpha value is -3.52. The lowest BCUT2D eigenvalue weighted by Gasteiger charge is -2.20. The smallest absolute Gasteiger partial charge is 0.337 e. The number of rotatable bonds is 14. The molecule has 38 heavy (non-hydrogen) atoms. The lowest BCUT2D eigenvalue weighted by atomic mass is 9.85. The van der Waals surface area contributed by atoms with Crippen LogP contribution in [0.5, 0.6) is 0 Å². The average molecular weight is 523 g/mol. The SMILES string of the molecule is CCCCC(CCC)c1c(-c2ccc([N+](=O)[O-])c(C(CC)OC)c2)n(CC=O)c2cc(C(=O)OC)ccc12. The molecule has 0 saturated carbocycles. The van der Waals surface area contributed by atoms with E-state index in [9.17, 15) is 19.7 Å². The second kappa shape index (κ2) is 13.3. The Balaban J connectivity index is 2.45. The van der Waals surface area contributed by atoms with Crippen LogP contribution < -0.4 is 0 Å². The summed E-state index contributed by atoms with van der Waals surface area (Å²) in [5, 5.41) is 12.9. The second-order valence-corrected chi connectivity index (χ2v) is 9.55. The summed E-state index contributed by atoms with van der Waals surface area (Å²) in [6.07, 6.45) is 6.01. The zero-order valence-electron chi connectivity index (χ0n) is 23.0. The van der Waals surface area contributed by atoms with Gasteiger partial charge >= 0.3 is 5.97 Å². The van der Waals surface area contributed by atoms with Gasteiger partial charge in [0.1, 0.15) is 6.29 Å². The summed E-state index contributed by atoms with van der Waals surface area (Å²) in [4.78, 5) is 35.8. The number of benzene rings is 2. The van der Waals surface area contributed by atoms with Crippen molar-refractivity contribution in [2.75, 3.05) is 14.2 Å². The number of esters is 1. The molecular formula is C30H38N2O6. The fourth-order valence-corrected chi connectivity index (χ4v) is 5.48. The molecule has 0 saturated heterocycles. The van der Waals surface area contributed by atoms with Crippen LogP contribution in [-0.4, -0.2) is 36.0 Å². The standard InChI is InChI=1S/C30H38N2O6/c1-6-9-11-20(10-7-2)28-23-14-12-22(30(34)38-5)19-26(23)31(16-17-33)29(28)21-13-15-25(32(35)36)24(18-21)27(8-3)37-4/h12-15,17-20,27H,6-11,16H2,1-5H3. The zero-order valence-corrected chi connectivity index (χ0v) is 23.0. The van der Waals surface area contributed by atoms with Crippen molar-refractivity contribution in [1.29, 1.82) is 0 Å². The summed E-state index contributed by atoms with van der Waals surface area (Å²) < 4.78 is 12.5. The Kier molecular flexibility index (Phi) is 10.2. The van der Waals surface area contributed by atoms with Crippen molar-refractivity contribution in [2.45, 2.75) is 77.9 Å². The molecule has 0 aliphatic carbocycles. The van der Waals surface area contributed by atoms with Crippen molar-refractivity contribution in [1.82, 2.24) is 4.57 Å². The number of unbranched alkanes of at least 4 members (excludes halogenated alkanes) is 1. The average Bonchev–Trinajstić information content (AvgIpc) is 3.24. The van der Waals surface area contributed by atoms with Gasteiger partial charge in [0.15, 0.2) is 0 Å². The molecule has 0 fully saturated rings. The van der Waals surface area contributed by atoms with E-state index in [1.165, 1.54) is 13.2 Å². The van der Waals surface area contributed by atoms with Gasteiger partial charge in [0, 0.05) is 18.6 Å². The highest BCUT2D eigenvalue weighted by Crippen LogP contribution is 2.44. The van der Waals surface area contributed by atoms with Gasteiger partial charge in [0.05, 0.1) is 47.0 Å². The van der Waals surface area contributed by atoms with Gasteiger partial charge in [-0.2, -0.15) is 0 Å². The van der Waals surface area contributed by atoms with Crippen LogP contribution >= 0.6 is 0 Å². The topological polar surface area (TPSA) is 101 Å². The predicted octanol–water partition coefficient (Wildman–Crippen LogP) is 7.37. The fourth-order valence-electron chi connectivity index (χ4n) is 5.48. The molecule has 1 aromatic heterocycles. The van der Waals surface area contributed by atoms with E-state index in [4.69, 9.17) is 9.47 Å². The van der Waals surface area contributed by atoms with Crippen LogP contribution in [-0.2, 0) is 20.8 Å². The van der Waals surface area contributed by atoms with Crippen molar-refractivity contribution in [3.63, 3.8) is 0 Å². The molecule has 3 aromatic rings. The lowest BCUT2D eigenvalue weighted by molar-refractivity contribution is -0.386. The van der Waals surface area contributed by atoms with Crippen molar-refractivity contribution in [3.05, 3.63) is 63.2 Å². The highest BCUT2D eigenvalue weighted by atomic mass is 16.6. The number of aromatic nitrogens is 1. The van der Waals surface area contributed by atoms with Gasteiger partial charge in [-0.1, -0.05) is 46.1 Å². The summed E-state index contributed by atoms with van der Waals surface area (Å²) in [5.74, 6) is -0.231. The minimum atomic E-state index is -0.451. The van der Waals surface area contributed by atoms with Crippen LogP contribution in [0.2, 0.25) is 0 Å². The summed E-state index contributed by atoms with van der Waals surface area (Å²) >= 11 is 0. The van der Waals surface area contributed by atoms with Crippen LogP contribution in [0, 0.1) is 10.1 Å². The number of nitro benzene ring substituents is 1. The van der Waals surface area contributed by atoms with Crippen molar-refractivity contribution < 1.29 is 24.0 Å². The van der Waals surface area contributed by atoms with Gasteiger partial charge in [-0.3, -0.25) is 10.1 Å². The highest BCUT2D eigenvalue weighted by Gasteiger charge is 2.28. The molecule has 8 nitrogen and oxygen atoms in total. The Morgan fingerprint density at radius 1 is 1.08 bits per heavy atom. The number of nitro groups is 1. The number of ether oxygens (including phenoxy) is 2. The number of methoxy groups -OCH3 is 2. The normalized spacial score (nSPS) is 12.9. The second-order valence-electron chi connectivity index (χ2n) is 9.55. The van der Waals surface area contributed by atoms with Gasteiger partial charge in [-0.05, 0) is 60.6 Å². The minimum absolute atomic E-state index is 0.00566. The number of carbonyl (C=O) groups is 2. The number of hydrogen-bond acceptors (Lipinski definition) is 6. The van der Waals surface area contributed by atoms with E-state index in [-0.39, 0.29) is 23.1 Å². The molecule has 0 bridgehead atoms. The Labute approximate surface area is 224 Å². The lowest BCUT2D eigenvalue weighted by Crippen LogP contribution is -2.08. The minimum Gasteiger partial charge on any atom is -0.465 e. The summed E-state index contributed by atoms with van der Waals surface area (Å²) in [6, 6.07) is 10.6. The summed E-state index contributed by atoms with van der Waals surface area (Å²) in [5.41, 5.74) is 4.42. The third-order valence-electron chi connectivity index (χ3n) is 7.23. The molecule has 0 aliphatic heterocycles. The highest BCUT2D eigenvalue weighted by molar-refractivity contribution is 5.99. The maximum absolute atomic E-state index is 12.4. The largest absolute Gasteiger partial charge is 0.465 e. The van der Waals surface area contributed by atoms with Gasteiger partial charge in [0.2, 0.25) is 0 Å². The summed E-state index contributed by atoms with van der Waals surface area (Å²) in [6.45, 7) is 6.33. The Bertz CT molecular complexity index is 1290. The monoisotopic (exact) mass is 522 g/mol. The first-order chi connectivity index (χ1) is 18.4. The zero-order chi connectivity index (χ0) is 27.8. The van der Waals surface area contributed by atoms with Gasteiger partial charge in [-0.15, -0.1) is 0 Å². The first-order valence-electron chi connectivity index (χ1n) is 13.4. The summed E-state index contributed by atoms with van der Waals surface area (Å²) in [7, 11) is 2.89. The van der Waals surface area contributed by atoms with Crippen molar-refractivity contribution in [3.8, 4) is 11.3 Å². The van der Waals surface area contributed by atoms with Gasteiger partial charge < -0.3 is 18.8 Å². The molecule has 2 unspecified atom stereocenters. The third-order valence-corrected chi connectivity index (χ3v) is 7.23. The van der Waals surface area contributed by atoms with Crippen LogP contribution in [0.3, 0.4) is 0 Å². The van der Waals surface area contributed by atoms with Crippen molar-refractivity contribution >= 4 is 28.8 Å². The first kappa shape index (κ1) is 29.0. The third kappa shape index (κ3) is 5.80. The molecule has 0 N–H and O–H groups in total. The fraction of sp³-hybridized carbons (Fsp3) is 0.467. The van der Waals surface area contributed by atoms with E-state index in [0.717, 1.165) is 66.1 Å². The molecule has 0 amide bonds. The van der Waals surface area contributed by atoms with Crippen LogP contribution in [0.25, 0.3) is 22.2 Å². The maximum Gasteiger partial charge on any atom is 0.337 e. The molecule has 2 atom stereocenters. The maximum atomic E-state index is 12.4. The van der Waals surface area contributed by atoms with Crippen LogP contribution in [0.1, 0.15) is 92.8 Å². The number of aldehydes is 1. The Morgan fingerprint density at radius 3 is 2.42 bits per heavy atom. The number of carbonyl (C=O) groups excluding carboxylic acids is 2. The quantitative estimate of drug-likeness (QED) is 0.0948. The van der Waals surface area contributed by atoms with Gasteiger partial charge in [0.25, 0.3) is 5.69 Å². The van der Waals surface area contributed by atoms with E-state index in [0.29, 0.717) is 17.5 Å². The van der Waals surface area contributed by atoms with Crippen LogP contribution in [0.4, 0.5) is 5.69 Å². The molecule has 0 spiro atoms. The Morgan fingerprint density at radius 2 is 1.84 bits per heavy atom. The van der Waals surface area contributed by atoms with E-state index in [1.54, 1.807) is 25.3 Å². The van der Waals surface area contributed by atoms with E-state index >= 15 is 0 Å². The van der Waals surface area contributed by atoms with E-state index in [2.05, 4.69) is 13.8 Å². The molecule has 3 rings (SSSR count). The molecule has 8 heteroatoms. The van der Waals surface area contributed by atoms with Crippen molar-refractivity contribution in [2.24, 2.45) is 0 Å².